The van der Waals surface area contributed by atoms with Gasteiger partial charge in [0.2, 0.25) is 0 Å². The van der Waals surface area contributed by atoms with E-state index in [1.807, 2.05) is 25.1 Å². The highest BCUT2D eigenvalue weighted by Crippen LogP contribution is 2.33. The molecule has 1 N–H and O–H groups in total. The molecule has 2 aromatic rings. The van der Waals surface area contributed by atoms with Gasteiger partial charge in [0, 0.05) is 5.56 Å². The molecular weight excluding hydrogens is 380 g/mol. The van der Waals surface area contributed by atoms with Crippen LogP contribution in [0.2, 0.25) is 0 Å². The molecule has 0 saturated carbocycles. The number of hydrogen-bond acceptors (Lipinski definition) is 4. The topological polar surface area (TPSA) is 75.7 Å². The van der Waals surface area contributed by atoms with Gasteiger partial charge in [0.25, 0.3) is 5.91 Å². The van der Waals surface area contributed by atoms with Crippen LogP contribution in [0.5, 0.6) is 5.75 Å². The van der Waals surface area contributed by atoms with Crippen molar-refractivity contribution in [2.45, 2.75) is 44.6 Å². The largest absolute Gasteiger partial charge is 0.497 e. The van der Waals surface area contributed by atoms with E-state index in [-0.39, 0.29) is 12.3 Å². The first-order valence-electron chi connectivity index (χ1n) is 10.4. The number of nitrogens with one attached hydrogen (secondary N) is 1. The lowest BCUT2D eigenvalue weighted by atomic mass is 9.87. The minimum absolute atomic E-state index is 0.228. The van der Waals surface area contributed by atoms with Crippen LogP contribution in [-0.4, -0.2) is 36.3 Å². The fourth-order valence-electron chi connectivity index (χ4n) is 4.43. The number of hydrogen-bond donors (Lipinski definition) is 1. The average molecular weight is 406 g/mol. The lowest BCUT2D eigenvalue weighted by Crippen LogP contribution is -2.43. The first-order valence-corrected chi connectivity index (χ1v) is 10.4. The highest BCUT2D eigenvalue weighted by Gasteiger charge is 2.51. The van der Waals surface area contributed by atoms with Gasteiger partial charge in [-0.2, -0.15) is 0 Å². The van der Waals surface area contributed by atoms with Crippen LogP contribution in [0.4, 0.5) is 4.79 Å². The van der Waals surface area contributed by atoms with Crippen molar-refractivity contribution in [3.8, 4) is 5.75 Å². The van der Waals surface area contributed by atoms with E-state index in [2.05, 4.69) is 5.32 Å². The van der Waals surface area contributed by atoms with Gasteiger partial charge in [-0.1, -0.05) is 31.2 Å². The lowest BCUT2D eigenvalue weighted by molar-refractivity contribution is -0.131. The van der Waals surface area contributed by atoms with E-state index in [0.29, 0.717) is 23.3 Å². The van der Waals surface area contributed by atoms with Crippen molar-refractivity contribution < 1.29 is 19.1 Å². The Hall–Kier alpha value is -3.15. The molecule has 1 heterocycles. The summed E-state index contributed by atoms with van der Waals surface area (Å²) in [6.07, 6.45) is 4.69. The predicted molar refractivity (Wildman–Crippen MR) is 113 cm³/mol. The molecule has 30 heavy (non-hydrogen) atoms. The van der Waals surface area contributed by atoms with Crippen molar-refractivity contribution in [3.05, 3.63) is 64.7 Å². The molecule has 0 spiro atoms. The molecule has 6 heteroatoms. The number of rotatable bonds is 6. The number of ether oxygens (including phenoxy) is 1. The normalized spacial score (nSPS) is 20.7. The number of carbonyl (C=O) groups is 3. The predicted octanol–water partition coefficient (Wildman–Crippen LogP) is 3.61. The standard InChI is InChI=1S/C24H26N2O4/c1-3-24(19-10-12-20(30-2)13-11-19)22(28)26(23(29)25-24)15-21(27)18-9-8-16-6-4-5-7-17(16)14-18/h8-14H,3-7,15H2,1-2H3,(H,25,29)/t24-/m1/s1. The maximum atomic E-state index is 13.3. The number of methoxy groups -OCH3 is 1. The third kappa shape index (κ3) is 3.36. The zero-order valence-electron chi connectivity index (χ0n) is 17.4. The second-order valence-electron chi connectivity index (χ2n) is 7.92. The minimum Gasteiger partial charge on any atom is -0.497 e. The molecule has 0 unspecified atom stereocenters. The van der Waals surface area contributed by atoms with E-state index in [1.165, 1.54) is 17.5 Å². The van der Waals surface area contributed by atoms with E-state index in [4.69, 9.17) is 4.74 Å². The monoisotopic (exact) mass is 406 g/mol. The maximum absolute atomic E-state index is 13.3. The lowest BCUT2D eigenvalue weighted by Gasteiger charge is -2.26. The molecule has 1 aliphatic carbocycles. The molecule has 2 aliphatic rings. The van der Waals surface area contributed by atoms with Crippen LogP contribution in [-0.2, 0) is 23.2 Å². The maximum Gasteiger partial charge on any atom is 0.325 e. The zero-order valence-corrected chi connectivity index (χ0v) is 17.4. The molecule has 1 fully saturated rings. The van der Waals surface area contributed by atoms with Crippen molar-refractivity contribution in [2.75, 3.05) is 13.7 Å². The van der Waals surface area contributed by atoms with Gasteiger partial charge in [-0.15, -0.1) is 0 Å². The van der Waals surface area contributed by atoms with Gasteiger partial charge in [-0.3, -0.25) is 14.5 Å². The Balaban J connectivity index is 1.56. The van der Waals surface area contributed by atoms with Crippen LogP contribution in [0.25, 0.3) is 0 Å². The molecule has 6 nitrogen and oxygen atoms in total. The Morgan fingerprint density at radius 1 is 1.07 bits per heavy atom. The van der Waals surface area contributed by atoms with E-state index in [1.54, 1.807) is 31.4 Å². The van der Waals surface area contributed by atoms with Crippen molar-refractivity contribution in [1.82, 2.24) is 10.2 Å². The number of aryl methyl sites for hydroxylation is 2. The zero-order chi connectivity index (χ0) is 21.3. The summed E-state index contributed by atoms with van der Waals surface area (Å²) in [6.45, 7) is 1.58. The molecule has 0 aromatic heterocycles. The van der Waals surface area contributed by atoms with E-state index < -0.39 is 17.5 Å². The number of Topliss-reactive ketones (excluding diaryl/α,β-unsaturated/α-hetero) is 1. The van der Waals surface area contributed by atoms with Crippen molar-refractivity contribution in [2.24, 2.45) is 0 Å². The minimum atomic E-state index is -1.17. The van der Waals surface area contributed by atoms with E-state index in [9.17, 15) is 14.4 Å². The number of ketones is 1. The van der Waals surface area contributed by atoms with Crippen LogP contribution < -0.4 is 10.1 Å². The van der Waals surface area contributed by atoms with Gasteiger partial charge in [0.1, 0.15) is 11.3 Å². The second kappa shape index (κ2) is 7.94. The fourth-order valence-corrected chi connectivity index (χ4v) is 4.43. The summed E-state index contributed by atoms with van der Waals surface area (Å²) in [5.74, 6) is 0.0428. The number of amides is 3. The highest BCUT2D eigenvalue weighted by atomic mass is 16.5. The highest BCUT2D eigenvalue weighted by molar-refractivity contribution is 6.11. The summed E-state index contributed by atoms with van der Waals surface area (Å²) < 4.78 is 5.18. The molecule has 4 rings (SSSR count). The fraction of sp³-hybridized carbons (Fsp3) is 0.375. The number of carbonyl (C=O) groups excluding carboxylic acids is 3. The molecule has 0 radical (unpaired) electrons. The summed E-state index contributed by atoms with van der Waals surface area (Å²) in [7, 11) is 1.57. The molecule has 0 bridgehead atoms. The van der Waals surface area contributed by atoms with Crippen molar-refractivity contribution in [1.29, 1.82) is 0 Å². The van der Waals surface area contributed by atoms with Crippen LogP contribution in [0.15, 0.2) is 42.5 Å². The van der Waals surface area contributed by atoms with Gasteiger partial charge in [-0.25, -0.2) is 4.79 Å². The first-order chi connectivity index (χ1) is 14.5. The molecule has 1 atom stereocenters. The van der Waals surface area contributed by atoms with E-state index >= 15 is 0 Å². The third-order valence-corrected chi connectivity index (χ3v) is 6.26. The van der Waals surface area contributed by atoms with Gasteiger partial charge in [-0.05, 0) is 67.0 Å². The molecule has 156 valence electrons. The quantitative estimate of drug-likeness (QED) is 0.587. The second-order valence-corrected chi connectivity index (χ2v) is 7.92. The summed E-state index contributed by atoms with van der Waals surface area (Å²) in [5, 5.41) is 2.82. The van der Waals surface area contributed by atoms with E-state index in [0.717, 1.165) is 24.2 Å². The average Bonchev–Trinajstić information content (AvgIpc) is 3.03. The Bertz CT molecular complexity index is 999. The van der Waals surface area contributed by atoms with Gasteiger partial charge >= 0.3 is 6.03 Å². The molecule has 2 aromatic carbocycles. The molecule has 3 amide bonds. The van der Waals surface area contributed by atoms with Crippen LogP contribution in [0.1, 0.15) is 53.2 Å². The number of urea groups is 1. The number of imide groups is 1. The summed E-state index contributed by atoms with van der Waals surface area (Å²) >= 11 is 0. The Labute approximate surface area is 176 Å². The molecule has 1 saturated heterocycles. The summed E-state index contributed by atoms with van der Waals surface area (Å²) in [4.78, 5) is 39.9. The summed E-state index contributed by atoms with van der Waals surface area (Å²) in [6, 6.07) is 12.3. The molecular formula is C24H26N2O4. The Morgan fingerprint density at radius 3 is 2.43 bits per heavy atom. The number of benzene rings is 2. The van der Waals surface area contributed by atoms with Gasteiger partial charge in [0.05, 0.1) is 13.7 Å². The third-order valence-electron chi connectivity index (χ3n) is 6.26. The van der Waals surface area contributed by atoms with Crippen LogP contribution >= 0.6 is 0 Å². The van der Waals surface area contributed by atoms with Gasteiger partial charge in [0.15, 0.2) is 5.78 Å². The summed E-state index contributed by atoms with van der Waals surface area (Å²) in [5.41, 5.74) is 2.55. The van der Waals surface area contributed by atoms with Crippen molar-refractivity contribution in [3.63, 3.8) is 0 Å². The Morgan fingerprint density at radius 2 is 1.77 bits per heavy atom. The number of fused-ring (bicyclic) bond motifs is 1. The van der Waals surface area contributed by atoms with Crippen molar-refractivity contribution >= 4 is 17.7 Å². The smallest absolute Gasteiger partial charge is 0.325 e. The first kappa shape index (κ1) is 20.1. The van der Waals surface area contributed by atoms with Gasteiger partial charge < -0.3 is 10.1 Å². The Kier molecular flexibility index (Phi) is 5.33. The molecule has 1 aliphatic heterocycles. The van der Waals surface area contributed by atoms with Crippen LogP contribution in [0.3, 0.4) is 0 Å². The number of nitrogens with zero attached hydrogens (tertiary/aromatic N) is 1. The SMILES string of the molecule is CC[C@]1(c2ccc(OC)cc2)NC(=O)N(CC(=O)c2ccc3c(c2)CCCC3)C1=O. The van der Waals surface area contributed by atoms with Crippen LogP contribution in [0, 0.1) is 0 Å².